The van der Waals surface area contributed by atoms with E-state index in [-0.39, 0.29) is 11.7 Å². The topological polar surface area (TPSA) is 100 Å². The Morgan fingerprint density at radius 1 is 1.38 bits per heavy atom. The van der Waals surface area contributed by atoms with E-state index in [0.29, 0.717) is 18.3 Å². The monoisotopic (exact) mass is 355 g/mol. The van der Waals surface area contributed by atoms with Gasteiger partial charge in [0.1, 0.15) is 17.3 Å². The molecule has 0 saturated carbocycles. The van der Waals surface area contributed by atoms with Gasteiger partial charge in [-0.2, -0.15) is 5.10 Å². The number of benzene rings is 1. The summed E-state index contributed by atoms with van der Waals surface area (Å²) in [5, 5.41) is 6.54. The van der Waals surface area contributed by atoms with Gasteiger partial charge in [-0.05, 0) is 38.4 Å². The largest absolute Gasteiger partial charge is 0.496 e. The molecule has 1 atom stereocenters. The van der Waals surface area contributed by atoms with Crippen LogP contribution in [0, 0.1) is 6.92 Å². The lowest BCUT2D eigenvalue weighted by Gasteiger charge is -2.21. The summed E-state index contributed by atoms with van der Waals surface area (Å²) in [6.07, 6.45) is 2.01. The molecule has 26 heavy (non-hydrogen) atoms. The lowest BCUT2D eigenvalue weighted by Crippen LogP contribution is -2.24. The van der Waals surface area contributed by atoms with Crippen LogP contribution >= 0.6 is 0 Å². The van der Waals surface area contributed by atoms with Crippen molar-refractivity contribution < 1.29 is 9.15 Å². The first kappa shape index (κ1) is 16.6. The summed E-state index contributed by atoms with van der Waals surface area (Å²) in [6.45, 7) is 3.49. The Morgan fingerprint density at radius 2 is 2.23 bits per heavy atom. The van der Waals surface area contributed by atoms with Crippen molar-refractivity contribution in [2.45, 2.75) is 32.4 Å². The van der Waals surface area contributed by atoms with Gasteiger partial charge in [-0.25, -0.2) is 14.9 Å². The number of aryl methyl sites for hydroxylation is 1. The predicted molar refractivity (Wildman–Crippen MR) is 94.8 cm³/mol. The van der Waals surface area contributed by atoms with Crippen LogP contribution < -0.4 is 10.4 Å². The van der Waals surface area contributed by atoms with Gasteiger partial charge in [-0.1, -0.05) is 12.1 Å². The summed E-state index contributed by atoms with van der Waals surface area (Å²) in [5.41, 5.74) is 1.44. The fraction of sp³-hybridized carbons (Fsp3) is 0.389. The summed E-state index contributed by atoms with van der Waals surface area (Å²) < 4.78 is 11.3. The summed E-state index contributed by atoms with van der Waals surface area (Å²) in [6, 6.07) is 7.75. The number of methoxy groups -OCH3 is 1. The van der Waals surface area contributed by atoms with Crippen LogP contribution in [-0.2, 0) is 6.54 Å². The Bertz CT molecular complexity index is 958. The zero-order chi connectivity index (χ0) is 18.1. The van der Waals surface area contributed by atoms with Crippen molar-refractivity contribution in [3.63, 3.8) is 0 Å². The van der Waals surface area contributed by atoms with Crippen molar-refractivity contribution in [2.24, 2.45) is 0 Å². The van der Waals surface area contributed by atoms with Crippen LogP contribution in [0.4, 0.5) is 0 Å². The number of likely N-dealkylation sites (tertiary alicyclic amines) is 1. The standard InChI is InChI=1S/C18H21N5O3/c1-11-13(19-17(26-11)12-6-3-4-8-15(12)25-2)10-23-9-5-7-14(23)16-20-18(24)22-21-16/h3-4,6,8,14H,5,7,9-10H2,1-2H3,(H2,20,21,22,24)/t14-/m0/s1. The second-order valence-electron chi connectivity index (χ2n) is 6.41. The molecule has 2 N–H and O–H groups in total. The van der Waals surface area contributed by atoms with Crippen molar-refractivity contribution in [3.05, 3.63) is 52.0 Å². The highest BCUT2D eigenvalue weighted by atomic mass is 16.5. The number of rotatable bonds is 5. The maximum Gasteiger partial charge on any atom is 0.340 e. The van der Waals surface area contributed by atoms with E-state index in [4.69, 9.17) is 14.1 Å². The Hall–Kier alpha value is -2.87. The number of ether oxygens (including phenoxy) is 1. The number of hydrogen-bond donors (Lipinski definition) is 2. The third-order valence-corrected chi connectivity index (χ3v) is 4.78. The number of oxazole rings is 1. The molecule has 0 unspecified atom stereocenters. The molecule has 2 aromatic heterocycles. The van der Waals surface area contributed by atoms with Crippen LogP contribution in [0.3, 0.4) is 0 Å². The second kappa shape index (κ2) is 6.80. The fourth-order valence-corrected chi connectivity index (χ4v) is 3.47. The zero-order valence-electron chi connectivity index (χ0n) is 14.8. The van der Waals surface area contributed by atoms with Gasteiger partial charge in [-0.15, -0.1) is 0 Å². The zero-order valence-corrected chi connectivity index (χ0v) is 14.8. The van der Waals surface area contributed by atoms with E-state index in [2.05, 4.69) is 20.1 Å². The summed E-state index contributed by atoms with van der Waals surface area (Å²) in [5.74, 6) is 2.75. The molecule has 1 aliphatic rings. The minimum atomic E-state index is -0.275. The van der Waals surface area contributed by atoms with Crippen molar-refractivity contribution in [3.8, 4) is 17.2 Å². The number of para-hydroxylation sites is 1. The minimum Gasteiger partial charge on any atom is -0.496 e. The normalized spacial score (nSPS) is 17.7. The van der Waals surface area contributed by atoms with E-state index < -0.39 is 0 Å². The van der Waals surface area contributed by atoms with Crippen LogP contribution in [0.5, 0.6) is 5.75 Å². The number of nitrogens with zero attached hydrogens (tertiary/aromatic N) is 3. The first-order chi connectivity index (χ1) is 12.7. The average Bonchev–Trinajstić information content (AvgIpc) is 3.36. The molecule has 4 rings (SSSR count). The quantitative estimate of drug-likeness (QED) is 0.729. The molecule has 0 amide bonds. The van der Waals surface area contributed by atoms with Crippen molar-refractivity contribution in [2.75, 3.05) is 13.7 Å². The van der Waals surface area contributed by atoms with Gasteiger partial charge in [0.15, 0.2) is 0 Å². The molecule has 3 aromatic rings. The van der Waals surface area contributed by atoms with Gasteiger partial charge in [0.25, 0.3) is 0 Å². The van der Waals surface area contributed by atoms with Gasteiger partial charge in [0, 0.05) is 6.54 Å². The summed E-state index contributed by atoms with van der Waals surface area (Å²) >= 11 is 0. The van der Waals surface area contributed by atoms with Crippen molar-refractivity contribution >= 4 is 0 Å². The van der Waals surface area contributed by atoms with Crippen LogP contribution in [0.2, 0.25) is 0 Å². The molecule has 0 spiro atoms. The molecule has 0 aliphatic carbocycles. The Morgan fingerprint density at radius 3 is 3.00 bits per heavy atom. The lowest BCUT2D eigenvalue weighted by molar-refractivity contribution is 0.236. The molecule has 1 saturated heterocycles. The second-order valence-corrected chi connectivity index (χ2v) is 6.41. The number of hydrogen-bond acceptors (Lipinski definition) is 6. The average molecular weight is 355 g/mol. The van der Waals surface area contributed by atoms with Crippen molar-refractivity contribution in [1.82, 2.24) is 25.1 Å². The smallest absolute Gasteiger partial charge is 0.340 e. The highest BCUT2D eigenvalue weighted by Crippen LogP contribution is 2.33. The van der Waals surface area contributed by atoms with E-state index in [1.165, 1.54) is 0 Å². The first-order valence-electron chi connectivity index (χ1n) is 8.64. The van der Waals surface area contributed by atoms with Gasteiger partial charge < -0.3 is 9.15 Å². The highest BCUT2D eigenvalue weighted by molar-refractivity contribution is 5.62. The molecule has 1 aromatic carbocycles. The minimum absolute atomic E-state index is 0.0831. The Labute approximate surface area is 150 Å². The van der Waals surface area contributed by atoms with Crippen LogP contribution in [0.25, 0.3) is 11.5 Å². The molecule has 0 bridgehead atoms. The Kier molecular flexibility index (Phi) is 4.34. The van der Waals surface area contributed by atoms with Gasteiger partial charge in [0.05, 0.1) is 24.4 Å². The third-order valence-electron chi connectivity index (χ3n) is 4.78. The molecular formula is C18H21N5O3. The highest BCUT2D eigenvalue weighted by Gasteiger charge is 2.30. The van der Waals surface area contributed by atoms with E-state index in [0.717, 1.165) is 42.2 Å². The van der Waals surface area contributed by atoms with E-state index in [1.54, 1.807) is 7.11 Å². The molecule has 1 fully saturated rings. The fourth-order valence-electron chi connectivity index (χ4n) is 3.47. The van der Waals surface area contributed by atoms with Crippen molar-refractivity contribution in [1.29, 1.82) is 0 Å². The molecule has 3 heterocycles. The number of nitrogens with one attached hydrogen (secondary N) is 2. The van der Waals surface area contributed by atoms with Crippen LogP contribution in [0.15, 0.2) is 33.5 Å². The van der Waals surface area contributed by atoms with E-state index >= 15 is 0 Å². The molecular weight excluding hydrogens is 334 g/mol. The summed E-state index contributed by atoms with van der Waals surface area (Å²) in [4.78, 5) is 21.1. The van der Waals surface area contributed by atoms with Gasteiger partial charge >= 0.3 is 5.69 Å². The van der Waals surface area contributed by atoms with E-state index in [1.807, 2.05) is 31.2 Å². The third kappa shape index (κ3) is 3.03. The summed E-state index contributed by atoms with van der Waals surface area (Å²) in [7, 11) is 1.63. The maximum absolute atomic E-state index is 11.4. The number of H-pyrrole nitrogens is 2. The number of aromatic nitrogens is 4. The van der Waals surface area contributed by atoms with E-state index in [9.17, 15) is 4.79 Å². The molecule has 8 heteroatoms. The lowest BCUT2D eigenvalue weighted by atomic mass is 10.2. The SMILES string of the molecule is COc1ccccc1-c1nc(CN2CCC[C@H]2c2n[nH]c(=O)[nH]2)c(C)o1. The molecule has 1 aliphatic heterocycles. The molecule has 8 nitrogen and oxygen atoms in total. The number of aromatic amines is 2. The predicted octanol–water partition coefficient (Wildman–Crippen LogP) is 2.41. The Balaban J connectivity index is 1.59. The van der Waals surface area contributed by atoms with Gasteiger partial charge in [-0.3, -0.25) is 9.88 Å². The molecule has 136 valence electrons. The van der Waals surface area contributed by atoms with Crippen LogP contribution in [-0.4, -0.2) is 38.7 Å². The maximum atomic E-state index is 11.4. The molecule has 0 radical (unpaired) electrons. The first-order valence-corrected chi connectivity index (χ1v) is 8.64. The van der Waals surface area contributed by atoms with Crippen LogP contribution in [0.1, 0.15) is 36.2 Å². The van der Waals surface area contributed by atoms with Gasteiger partial charge in [0.2, 0.25) is 5.89 Å².